The van der Waals surface area contributed by atoms with Crippen molar-refractivity contribution in [3.8, 4) is 5.75 Å². The van der Waals surface area contributed by atoms with Gasteiger partial charge in [-0.15, -0.1) is 0 Å². The Bertz CT molecular complexity index is 574. The van der Waals surface area contributed by atoms with Gasteiger partial charge in [0.25, 0.3) is 0 Å². The highest BCUT2D eigenvalue weighted by Crippen LogP contribution is 2.23. The van der Waals surface area contributed by atoms with Crippen molar-refractivity contribution in [1.29, 1.82) is 0 Å². The molecule has 0 spiro atoms. The zero-order chi connectivity index (χ0) is 13.0. The summed E-state index contributed by atoms with van der Waals surface area (Å²) in [4.78, 5) is 11.1. The molecule has 0 saturated heterocycles. The Hall–Kier alpha value is -1.88. The summed E-state index contributed by atoms with van der Waals surface area (Å²) in [5.74, 6) is 1.55. The third-order valence-corrected chi connectivity index (χ3v) is 3.76. The predicted molar refractivity (Wildman–Crippen MR) is 67.2 cm³/mol. The van der Waals surface area contributed by atoms with Crippen LogP contribution in [0.25, 0.3) is 0 Å². The SMILES string of the molecule is COc1ccccc1S(=O)Cc1ccc(C=O)o1. The maximum atomic E-state index is 12.2. The fraction of sp³-hybridized carbons (Fsp3) is 0.154. The average Bonchev–Trinajstić information content (AvgIpc) is 2.86. The van der Waals surface area contributed by atoms with Gasteiger partial charge in [0.2, 0.25) is 0 Å². The van der Waals surface area contributed by atoms with Crippen LogP contribution < -0.4 is 4.74 Å². The molecule has 0 aliphatic heterocycles. The molecular formula is C13H12O4S. The smallest absolute Gasteiger partial charge is 0.185 e. The molecule has 1 aromatic carbocycles. The van der Waals surface area contributed by atoms with E-state index in [9.17, 15) is 9.00 Å². The van der Waals surface area contributed by atoms with Crippen LogP contribution in [0.2, 0.25) is 0 Å². The van der Waals surface area contributed by atoms with E-state index >= 15 is 0 Å². The number of hydrogen-bond acceptors (Lipinski definition) is 4. The van der Waals surface area contributed by atoms with Crippen LogP contribution in [-0.2, 0) is 16.6 Å². The molecule has 0 N–H and O–H groups in total. The normalized spacial score (nSPS) is 12.1. The zero-order valence-corrected chi connectivity index (χ0v) is 10.6. The summed E-state index contributed by atoms with van der Waals surface area (Å²) in [6.07, 6.45) is 0.621. The number of hydrogen-bond donors (Lipinski definition) is 0. The van der Waals surface area contributed by atoms with Crippen LogP contribution in [0.3, 0.4) is 0 Å². The van der Waals surface area contributed by atoms with E-state index < -0.39 is 10.8 Å². The predicted octanol–water partition coefficient (Wildman–Crippen LogP) is 2.41. The van der Waals surface area contributed by atoms with Crippen LogP contribution in [0.1, 0.15) is 16.3 Å². The van der Waals surface area contributed by atoms with E-state index in [0.29, 0.717) is 22.7 Å². The summed E-state index contributed by atoms with van der Waals surface area (Å²) in [6, 6.07) is 10.3. The number of aldehydes is 1. The van der Waals surface area contributed by atoms with E-state index in [1.165, 1.54) is 7.11 Å². The molecule has 1 aromatic heterocycles. The molecule has 0 saturated carbocycles. The lowest BCUT2D eigenvalue weighted by Crippen LogP contribution is -1.98. The first-order valence-corrected chi connectivity index (χ1v) is 6.61. The number of benzene rings is 1. The maximum Gasteiger partial charge on any atom is 0.185 e. The second kappa shape index (κ2) is 5.64. The second-order valence-corrected chi connectivity index (χ2v) is 4.98. The highest BCUT2D eigenvalue weighted by atomic mass is 32.2. The Morgan fingerprint density at radius 1 is 1.28 bits per heavy atom. The molecule has 0 amide bonds. The number of furan rings is 1. The molecule has 1 unspecified atom stereocenters. The van der Waals surface area contributed by atoms with Gasteiger partial charge in [-0.05, 0) is 24.3 Å². The van der Waals surface area contributed by atoms with Crippen molar-refractivity contribution in [3.63, 3.8) is 0 Å². The molecule has 18 heavy (non-hydrogen) atoms. The van der Waals surface area contributed by atoms with E-state index in [1.54, 1.807) is 30.3 Å². The number of carbonyl (C=O) groups excluding carboxylic acids is 1. The van der Waals surface area contributed by atoms with Gasteiger partial charge in [0.1, 0.15) is 11.5 Å². The lowest BCUT2D eigenvalue weighted by atomic mass is 10.3. The number of carbonyl (C=O) groups is 1. The molecule has 1 atom stereocenters. The minimum Gasteiger partial charge on any atom is -0.495 e. The third-order valence-electron chi connectivity index (χ3n) is 2.39. The Kier molecular flexibility index (Phi) is 3.94. The summed E-state index contributed by atoms with van der Waals surface area (Å²) in [6.45, 7) is 0. The van der Waals surface area contributed by atoms with Gasteiger partial charge in [-0.25, -0.2) is 0 Å². The molecule has 4 nitrogen and oxygen atoms in total. The molecular weight excluding hydrogens is 252 g/mol. The Morgan fingerprint density at radius 2 is 2.06 bits per heavy atom. The van der Waals surface area contributed by atoms with E-state index in [4.69, 9.17) is 9.15 Å². The minimum absolute atomic E-state index is 0.216. The quantitative estimate of drug-likeness (QED) is 0.778. The van der Waals surface area contributed by atoms with E-state index in [2.05, 4.69) is 0 Å². The van der Waals surface area contributed by atoms with Crippen LogP contribution in [0.4, 0.5) is 0 Å². The first kappa shape index (κ1) is 12.6. The van der Waals surface area contributed by atoms with E-state index in [1.807, 2.05) is 6.07 Å². The molecule has 94 valence electrons. The average molecular weight is 264 g/mol. The molecule has 2 aromatic rings. The highest BCUT2D eigenvalue weighted by molar-refractivity contribution is 7.84. The first-order chi connectivity index (χ1) is 8.74. The van der Waals surface area contributed by atoms with Crippen molar-refractivity contribution < 1.29 is 18.2 Å². The molecule has 0 aliphatic carbocycles. The third kappa shape index (κ3) is 2.68. The number of methoxy groups -OCH3 is 1. The maximum absolute atomic E-state index is 12.2. The van der Waals surface area contributed by atoms with Crippen molar-refractivity contribution in [3.05, 3.63) is 47.9 Å². The number of para-hydroxylation sites is 1. The van der Waals surface area contributed by atoms with Crippen LogP contribution in [0.5, 0.6) is 5.75 Å². The first-order valence-electron chi connectivity index (χ1n) is 5.30. The minimum atomic E-state index is -1.27. The van der Waals surface area contributed by atoms with Gasteiger partial charge in [-0.3, -0.25) is 9.00 Å². The lowest BCUT2D eigenvalue weighted by Gasteiger charge is -2.06. The van der Waals surface area contributed by atoms with Crippen molar-refractivity contribution >= 4 is 17.1 Å². The molecule has 5 heteroatoms. The van der Waals surface area contributed by atoms with Gasteiger partial charge in [0, 0.05) is 0 Å². The lowest BCUT2D eigenvalue weighted by molar-refractivity contribution is 0.109. The monoisotopic (exact) mass is 264 g/mol. The standard InChI is InChI=1S/C13H12O4S/c1-16-12-4-2-3-5-13(12)18(15)9-11-7-6-10(8-14)17-11/h2-8H,9H2,1H3. The van der Waals surface area contributed by atoms with Crippen molar-refractivity contribution in [1.82, 2.24) is 0 Å². The zero-order valence-electron chi connectivity index (χ0n) is 9.79. The second-order valence-electron chi connectivity index (χ2n) is 3.56. The highest BCUT2D eigenvalue weighted by Gasteiger charge is 2.12. The van der Waals surface area contributed by atoms with Gasteiger partial charge in [0.15, 0.2) is 12.0 Å². The molecule has 2 rings (SSSR count). The van der Waals surface area contributed by atoms with Crippen LogP contribution in [0, 0.1) is 0 Å². The molecule has 0 fully saturated rings. The number of rotatable bonds is 5. The molecule has 0 aliphatic rings. The summed E-state index contributed by atoms with van der Waals surface area (Å²) in [7, 11) is 0.266. The Morgan fingerprint density at radius 3 is 2.72 bits per heavy atom. The van der Waals surface area contributed by atoms with Crippen molar-refractivity contribution in [2.75, 3.05) is 7.11 Å². The van der Waals surface area contributed by atoms with Crippen LogP contribution in [0.15, 0.2) is 45.7 Å². The summed E-state index contributed by atoms with van der Waals surface area (Å²) in [5, 5.41) is 0. The fourth-order valence-corrected chi connectivity index (χ4v) is 2.72. The molecule has 1 heterocycles. The number of ether oxygens (including phenoxy) is 1. The van der Waals surface area contributed by atoms with Gasteiger partial charge in [-0.2, -0.15) is 0 Å². The summed E-state index contributed by atoms with van der Waals surface area (Å²) >= 11 is 0. The van der Waals surface area contributed by atoms with Gasteiger partial charge in [-0.1, -0.05) is 12.1 Å². The Labute approximate surface area is 107 Å². The van der Waals surface area contributed by atoms with Gasteiger partial charge in [0.05, 0.1) is 28.6 Å². The summed E-state index contributed by atoms with van der Waals surface area (Å²) < 4.78 is 22.5. The largest absolute Gasteiger partial charge is 0.495 e. The fourth-order valence-electron chi connectivity index (χ4n) is 1.55. The summed E-state index contributed by atoms with van der Waals surface area (Å²) in [5.41, 5.74) is 0. The van der Waals surface area contributed by atoms with Crippen molar-refractivity contribution in [2.24, 2.45) is 0 Å². The topological polar surface area (TPSA) is 56.5 Å². The van der Waals surface area contributed by atoms with E-state index in [0.717, 1.165) is 0 Å². The van der Waals surface area contributed by atoms with Gasteiger partial charge >= 0.3 is 0 Å². The van der Waals surface area contributed by atoms with Crippen molar-refractivity contribution in [2.45, 2.75) is 10.6 Å². The van der Waals surface area contributed by atoms with E-state index in [-0.39, 0.29) is 11.5 Å². The molecule has 0 bridgehead atoms. The van der Waals surface area contributed by atoms with Crippen LogP contribution >= 0.6 is 0 Å². The van der Waals surface area contributed by atoms with Crippen LogP contribution in [-0.4, -0.2) is 17.6 Å². The van der Waals surface area contributed by atoms with Gasteiger partial charge < -0.3 is 9.15 Å². The Balaban J connectivity index is 2.19. The molecule has 0 radical (unpaired) electrons.